The lowest BCUT2D eigenvalue weighted by molar-refractivity contribution is -0.385. The number of esters is 1. The van der Waals surface area contributed by atoms with E-state index in [9.17, 15) is 14.9 Å². The standard InChI is InChI=1S/C27H23ClN2O6/c1-3-34-24-15-19(13-21(28)25(24)35-12-11-18-7-5-4-6-8-18)14-22-27(31)36-26(29-22)20-10-9-17(2)23(16-20)30(32)33/h4-10,13-16H,3,11-12H2,1-2H3/b22-14-. The largest absolute Gasteiger partial charge is 0.490 e. The predicted octanol–water partition coefficient (Wildman–Crippen LogP) is 5.92. The van der Waals surface area contributed by atoms with Gasteiger partial charge < -0.3 is 14.2 Å². The summed E-state index contributed by atoms with van der Waals surface area (Å²) in [5, 5.41) is 11.6. The number of nitro groups is 1. The topological polar surface area (TPSA) is 100 Å². The summed E-state index contributed by atoms with van der Waals surface area (Å²) >= 11 is 6.51. The molecule has 4 rings (SSSR count). The van der Waals surface area contributed by atoms with Crippen molar-refractivity contribution in [3.63, 3.8) is 0 Å². The van der Waals surface area contributed by atoms with Gasteiger partial charge in [-0.05, 0) is 49.2 Å². The van der Waals surface area contributed by atoms with Crippen molar-refractivity contribution in [2.45, 2.75) is 20.3 Å². The highest BCUT2D eigenvalue weighted by Gasteiger charge is 2.26. The van der Waals surface area contributed by atoms with Crippen LogP contribution >= 0.6 is 11.6 Å². The van der Waals surface area contributed by atoms with Gasteiger partial charge in [-0.25, -0.2) is 9.79 Å². The Balaban J connectivity index is 1.58. The third kappa shape index (κ3) is 5.72. The van der Waals surface area contributed by atoms with Gasteiger partial charge in [0.25, 0.3) is 5.69 Å². The number of hydrogen-bond acceptors (Lipinski definition) is 7. The van der Waals surface area contributed by atoms with Crippen molar-refractivity contribution in [3.05, 3.63) is 104 Å². The number of rotatable bonds is 9. The first-order chi connectivity index (χ1) is 17.4. The quantitative estimate of drug-likeness (QED) is 0.154. The molecule has 0 amide bonds. The van der Waals surface area contributed by atoms with Crippen molar-refractivity contribution in [2.24, 2.45) is 4.99 Å². The smallest absolute Gasteiger partial charge is 0.363 e. The molecule has 1 aliphatic heterocycles. The van der Waals surface area contributed by atoms with Crippen molar-refractivity contribution in [1.82, 2.24) is 0 Å². The van der Waals surface area contributed by atoms with Crippen LogP contribution in [0.5, 0.6) is 11.5 Å². The molecule has 8 nitrogen and oxygen atoms in total. The molecule has 184 valence electrons. The number of hydrogen-bond donors (Lipinski definition) is 0. The van der Waals surface area contributed by atoms with Crippen LogP contribution in [0.25, 0.3) is 6.08 Å². The maximum atomic E-state index is 12.5. The zero-order chi connectivity index (χ0) is 25.7. The second kappa shape index (κ2) is 11.0. The molecule has 0 atom stereocenters. The van der Waals surface area contributed by atoms with E-state index in [1.165, 1.54) is 12.1 Å². The molecule has 0 saturated carbocycles. The number of aryl methyl sites for hydroxylation is 1. The molecule has 0 saturated heterocycles. The molecule has 9 heteroatoms. The first-order valence-electron chi connectivity index (χ1n) is 11.3. The van der Waals surface area contributed by atoms with Gasteiger partial charge in [0.1, 0.15) is 0 Å². The first-order valence-corrected chi connectivity index (χ1v) is 11.6. The molecule has 0 bridgehead atoms. The summed E-state index contributed by atoms with van der Waals surface area (Å²) in [5.41, 5.74) is 2.47. The van der Waals surface area contributed by atoms with E-state index in [1.54, 1.807) is 31.2 Å². The molecule has 1 heterocycles. The van der Waals surface area contributed by atoms with E-state index in [0.29, 0.717) is 52.8 Å². The van der Waals surface area contributed by atoms with Crippen LogP contribution < -0.4 is 9.47 Å². The molecule has 0 fully saturated rings. The molecule has 36 heavy (non-hydrogen) atoms. The Labute approximate surface area is 212 Å². The summed E-state index contributed by atoms with van der Waals surface area (Å²) in [5.74, 6) is 0.174. The van der Waals surface area contributed by atoms with Crippen LogP contribution in [-0.4, -0.2) is 30.0 Å². The second-order valence-corrected chi connectivity index (χ2v) is 8.35. The van der Waals surface area contributed by atoms with Gasteiger partial charge >= 0.3 is 5.97 Å². The molecule has 0 spiro atoms. The van der Waals surface area contributed by atoms with E-state index in [1.807, 2.05) is 37.3 Å². The normalized spacial score (nSPS) is 13.9. The van der Waals surface area contributed by atoms with Crippen LogP contribution in [0.1, 0.15) is 29.2 Å². The maximum Gasteiger partial charge on any atom is 0.363 e. The molecular formula is C27H23ClN2O6. The molecule has 0 N–H and O–H groups in total. The van der Waals surface area contributed by atoms with Gasteiger partial charge in [0.2, 0.25) is 5.90 Å². The van der Waals surface area contributed by atoms with Crippen LogP contribution in [-0.2, 0) is 16.0 Å². The van der Waals surface area contributed by atoms with Crippen LogP contribution in [0, 0.1) is 17.0 Å². The minimum Gasteiger partial charge on any atom is -0.490 e. The lowest BCUT2D eigenvalue weighted by Crippen LogP contribution is -2.06. The van der Waals surface area contributed by atoms with Crippen molar-refractivity contribution in [1.29, 1.82) is 0 Å². The summed E-state index contributed by atoms with van der Waals surface area (Å²) in [7, 11) is 0. The summed E-state index contributed by atoms with van der Waals surface area (Å²) in [6.07, 6.45) is 2.22. The monoisotopic (exact) mass is 506 g/mol. The number of benzene rings is 3. The van der Waals surface area contributed by atoms with E-state index >= 15 is 0 Å². The Morgan fingerprint density at radius 1 is 1.11 bits per heavy atom. The first kappa shape index (κ1) is 24.9. The van der Waals surface area contributed by atoms with Gasteiger partial charge in [0, 0.05) is 23.6 Å². The van der Waals surface area contributed by atoms with Crippen molar-refractivity contribution < 1.29 is 23.9 Å². The van der Waals surface area contributed by atoms with Crippen LogP contribution in [0.15, 0.2) is 71.4 Å². The number of carbonyl (C=O) groups is 1. The molecule has 0 aromatic heterocycles. The highest BCUT2D eigenvalue weighted by Crippen LogP contribution is 2.38. The molecule has 3 aromatic carbocycles. The van der Waals surface area contributed by atoms with Gasteiger partial charge in [-0.15, -0.1) is 0 Å². The van der Waals surface area contributed by atoms with Gasteiger partial charge in [-0.2, -0.15) is 0 Å². The van der Waals surface area contributed by atoms with Crippen molar-refractivity contribution >= 4 is 35.2 Å². The Hall–Kier alpha value is -4.17. The summed E-state index contributed by atoms with van der Waals surface area (Å²) in [4.78, 5) is 27.5. The number of aliphatic imine (C=N–C) groups is 1. The van der Waals surface area contributed by atoms with Gasteiger partial charge in [-0.3, -0.25) is 10.1 Å². The second-order valence-electron chi connectivity index (χ2n) is 7.94. The van der Waals surface area contributed by atoms with Crippen molar-refractivity contribution in [3.8, 4) is 11.5 Å². The molecule has 0 unspecified atom stereocenters. The zero-order valence-corrected chi connectivity index (χ0v) is 20.4. The maximum absolute atomic E-state index is 12.5. The average molecular weight is 507 g/mol. The fourth-order valence-corrected chi connectivity index (χ4v) is 3.89. The highest BCUT2D eigenvalue weighted by molar-refractivity contribution is 6.32. The van der Waals surface area contributed by atoms with Gasteiger partial charge in [0.05, 0.1) is 23.2 Å². The van der Waals surface area contributed by atoms with Crippen LogP contribution in [0.2, 0.25) is 5.02 Å². The average Bonchev–Trinajstić information content (AvgIpc) is 3.21. The summed E-state index contributed by atoms with van der Waals surface area (Å²) in [6, 6.07) is 17.8. The minimum atomic E-state index is -0.675. The molecular weight excluding hydrogens is 484 g/mol. The SMILES string of the molecule is CCOc1cc(/C=C2\N=C(c3ccc(C)c([N+](=O)[O-])c3)OC2=O)cc(Cl)c1OCCc1ccccc1. The number of carbonyl (C=O) groups excluding carboxylic acids is 1. The predicted molar refractivity (Wildman–Crippen MR) is 137 cm³/mol. The third-order valence-electron chi connectivity index (χ3n) is 5.39. The summed E-state index contributed by atoms with van der Waals surface area (Å²) in [6.45, 7) is 4.28. The highest BCUT2D eigenvalue weighted by atomic mass is 35.5. The zero-order valence-electron chi connectivity index (χ0n) is 19.7. The van der Waals surface area contributed by atoms with E-state index in [4.69, 9.17) is 25.8 Å². The number of ether oxygens (including phenoxy) is 3. The molecule has 3 aromatic rings. The summed E-state index contributed by atoms with van der Waals surface area (Å²) < 4.78 is 16.9. The van der Waals surface area contributed by atoms with Gasteiger partial charge in [0.15, 0.2) is 17.2 Å². The number of cyclic esters (lactones) is 1. The van der Waals surface area contributed by atoms with Crippen molar-refractivity contribution in [2.75, 3.05) is 13.2 Å². The molecule has 0 radical (unpaired) electrons. The van der Waals surface area contributed by atoms with E-state index < -0.39 is 10.9 Å². The fraction of sp³-hybridized carbons (Fsp3) is 0.185. The van der Waals surface area contributed by atoms with E-state index in [2.05, 4.69) is 4.99 Å². The van der Waals surface area contributed by atoms with Crippen LogP contribution in [0.4, 0.5) is 5.69 Å². The Morgan fingerprint density at radius 3 is 2.61 bits per heavy atom. The van der Waals surface area contributed by atoms with E-state index in [0.717, 1.165) is 5.56 Å². The number of nitrogens with zero attached hydrogens (tertiary/aromatic N) is 2. The van der Waals surface area contributed by atoms with Crippen LogP contribution in [0.3, 0.4) is 0 Å². The Bertz CT molecular complexity index is 1370. The lowest BCUT2D eigenvalue weighted by Gasteiger charge is -2.14. The number of halogens is 1. The molecule has 0 aliphatic carbocycles. The number of nitro benzene ring substituents is 1. The Kier molecular flexibility index (Phi) is 7.65. The van der Waals surface area contributed by atoms with E-state index in [-0.39, 0.29) is 17.3 Å². The fourth-order valence-electron chi connectivity index (χ4n) is 3.62. The lowest BCUT2D eigenvalue weighted by atomic mass is 10.1. The third-order valence-corrected chi connectivity index (χ3v) is 5.67. The Morgan fingerprint density at radius 2 is 1.89 bits per heavy atom. The van der Waals surface area contributed by atoms with Gasteiger partial charge in [-0.1, -0.05) is 48.0 Å². The molecule has 1 aliphatic rings. The minimum absolute atomic E-state index is 0.00801.